The predicted octanol–water partition coefficient (Wildman–Crippen LogP) is 4.17. The van der Waals surface area contributed by atoms with Crippen LogP contribution in [0, 0.1) is 19.8 Å². The zero-order chi connectivity index (χ0) is 12.0. The highest BCUT2D eigenvalue weighted by Crippen LogP contribution is 2.13. The molecule has 0 aliphatic heterocycles. The Hall–Kier alpha value is -1.11. The van der Waals surface area contributed by atoms with Gasteiger partial charge in [-0.25, -0.2) is 0 Å². The molecule has 0 amide bonds. The van der Waals surface area contributed by atoms with Crippen LogP contribution in [0.4, 0.5) is 0 Å². The smallest absolute Gasteiger partial charge is 0.160 e. The van der Waals surface area contributed by atoms with E-state index in [-0.39, 0.29) is 5.78 Å². The Morgan fingerprint density at radius 3 is 1.60 bits per heavy atom. The predicted molar refractivity (Wildman–Crippen MR) is 66.4 cm³/mol. The SMILES string of the molecule is CC(=O)c1c(C)cccc1C.CC(C)C. The van der Waals surface area contributed by atoms with Crippen molar-refractivity contribution in [3.63, 3.8) is 0 Å². The molecule has 84 valence electrons. The van der Waals surface area contributed by atoms with E-state index in [1.165, 1.54) is 0 Å². The summed E-state index contributed by atoms with van der Waals surface area (Å²) in [7, 11) is 0. The number of aryl methyl sites for hydroxylation is 2. The maximum absolute atomic E-state index is 11.1. The van der Waals surface area contributed by atoms with Crippen molar-refractivity contribution in [2.45, 2.75) is 41.5 Å². The third-order valence-corrected chi connectivity index (χ3v) is 1.83. The summed E-state index contributed by atoms with van der Waals surface area (Å²) in [5.41, 5.74) is 3.00. The molecule has 0 heterocycles. The van der Waals surface area contributed by atoms with Gasteiger partial charge >= 0.3 is 0 Å². The zero-order valence-electron chi connectivity index (χ0n) is 10.7. The lowest BCUT2D eigenvalue weighted by Gasteiger charge is -2.04. The van der Waals surface area contributed by atoms with E-state index in [1.807, 2.05) is 32.0 Å². The van der Waals surface area contributed by atoms with E-state index < -0.39 is 0 Å². The van der Waals surface area contributed by atoms with Crippen LogP contribution in [0.25, 0.3) is 0 Å². The Kier molecular flexibility index (Phi) is 5.92. The van der Waals surface area contributed by atoms with Gasteiger partial charge in [-0.3, -0.25) is 4.79 Å². The van der Waals surface area contributed by atoms with Crippen molar-refractivity contribution in [3.05, 3.63) is 34.9 Å². The van der Waals surface area contributed by atoms with Crippen molar-refractivity contribution in [3.8, 4) is 0 Å². The molecule has 0 saturated heterocycles. The second-order valence-corrected chi connectivity index (χ2v) is 4.56. The van der Waals surface area contributed by atoms with E-state index in [0.717, 1.165) is 22.6 Å². The highest BCUT2D eigenvalue weighted by molar-refractivity contribution is 5.96. The average Bonchev–Trinajstić information content (AvgIpc) is 2.01. The van der Waals surface area contributed by atoms with Gasteiger partial charge in [0.15, 0.2) is 5.78 Å². The Balaban J connectivity index is 0.000000423. The van der Waals surface area contributed by atoms with Crippen molar-refractivity contribution in [2.75, 3.05) is 0 Å². The third kappa shape index (κ3) is 5.36. The average molecular weight is 206 g/mol. The van der Waals surface area contributed by atoms with Crippen LogP contribution in [0.5, 0.6) is 0 Å². The van der Waals surface area contributed by atoms with Crippen LogP contribution in [0.1, 0.15) is 49.2 Å². The number of carbonyl (C=O) groups excluding carboxylic acids is 1. The fourth-order valence-electron chi connectivity index (χ4n) is 1.37. The maximum Gasteiger partial charge on any atom is 0.160 e. The first-order valence-corrected chi connectivity index (χ1v) is 5.43. The molecule has 0 saturated carbocycles. The number of benzene rings is 1. The van der Waals surface area contributed by atoms with Crippen molar-refractivity contribution in [1.29, 1.82) is 0 Å². The Bertz CT molecular complexity index is 301. The lowest BCUT2D eigenvalue weighted by molar-refractivity contribution is 0.101. The number of ketones is 1. The van der Waals surface area contributed by atoms with Gasteiger partial charge in [-0.2, -0.15) is 0 Å². The second kappa shape index (κ2) is 6.39. The lowest BCUT2D eigenvalue weighted by Crippen LogP contribution is -1.98. The van der Waals surface area contributed by atoms with Crippen LogP contribution >= 0.6 is 0 Å². The number of Topliss-reactive ketones (excluding diaryl/α,β-unsaturated/α-hetero) is 1. The molecule has 0 aliphatic rings. The fraction of sp³-hybridized carbons (Fsp3) is 0.500. The largest absolute Gasteiger partial charge is 0.294 e. The first kappa shape index (κ1) is 13.9. The molecule has 0 aromatic heterocycles. The molecule has 0 atom stereocenters. The molecule has 15 heavy (non-hydrogen) atoms. The Labute approximate surface area is 93.5 Å². The Morgan fingerprint density at radius 1 is 1.07 bits per heavy atom. The number of hydrogen-bond donors (Lipinski definition) is 0. The summed E-state index contributed by atoms with van der Waals surface area (Å²) >= 11 is 0. The molecule has 1 rings (SSSR count). The van der Waals surface area contributed by atoms with Gasteiger partial charge in [0.2, 0.25) is 0 Å². The number of rotatable bonds is 1. The number of hydrogen-bond acceptors (Lipinski definition) is 1. The van der Waals surface area contributed by atoms with E-state index in [2.05, 4.69) is 20.8 Å². The van der Waals surface area contributed by atoms with Gasteiger partial charge in [0, 0.05) is 5.56 Å². The van der Waals surface area contributed by atoms with Crippen LogP contribution < -0.4 is 0 Å². The molecule has 0 radical (unpaired) electrons. The summed E-state index contributed by atoms with van der Waals surface area (Å²) in [5.74, 6) is 0.987. The van der Waals surface area contributed by atoms with Gasteiger partial charge in [-0.05, 0) is 37.8 Å². The quantitative estimate of drug-likeness (QED) is 0.630. The van der Waals surface area contributed by atoms with Crippen molar-refractivity contribution < 1.29 is 4.79 Å². The normalized spacial score (nSPS) is 9.53. The topological polar surface area (TPSA) is 17.1 Å². The first-order valence-electron chi connectivity index (χ1n) is 5.43. The molecule has 0 unspecified atom stereocenters. The molecule has 0 bridgehead atoms. The van der Waals surface area contributed by atoms with Crippen LogP contribution in [0.15, 0.2) is 18.2 Å². The van der Waals surface area contributed by atoms with Gasteiger partial charge in [0.05, 0.1) is 0 Å². The summed E-state index contributed by atoms with van der Waals surface area (Å²) < 4.78 is 0. The minimum absolute atomic E-state index is 0.153. The lowest BCUT2D eigenvalue weighted by atomic mass is 10.0. The molecule has 0 fully saturated rings. The number of carbonyl (C=O) groups is 1. The molecule has 1 aromatic carbocycles. The highest BCUT2D eigenvalue weighted by atomic mass is 16.1. The molecule has 1 heteroatoms. The van der Waals surface area contributed by atoms with E-state index >= 15 is 0 Å². The zero-order valence-corrected chi connectivity index (χ0v) is 10.7. The summed E-state index contributed by atoms with van der Waals surface area (Å²) in [6.07, 6.45) is 0. The molecular weight excluding hydrogens is 184 g/mol. The van der Waals surface area contributed by atoms with Gasteiger partial charge in [-0.15, -0.1) is 0 Å². The van der Waals surface area contributed by atoms with E-state index in [1.54, 1.807) is 6.92 Å². The summed E-state index contributed by atoms with van der Waals surface area (Å²) in [6.45, 7) is 12.0. The van der Waals surface area contributed by atoms with E-state index in [4.69, 9.17) is 0 Å². The van der Waals surface area contributed by atoms with E-state index in [9.17, 15) is 4.79 Å². The summed E-state index contributed by atoms with van der Waals surface area (Å²) in [4.78, 5) is 11.1. The van der Waals surface area contributed by atoms with Crippen molar-refractivity contribution >= 4 is 5.78 Å². The molecule has 0 spiro atoms. The molecule has 0 N–H and O–H groups in total. The monoisotopic (exact) mass is 206 g/mol. The van der Waals surface area contributed by atoms with Gasteiger partial charge < -0.3 is 0 Å². The minimum Gasteiger partial charge on any atom is -0.294 e. The summed E-state index contributed by atoms with van der Waals surface area (Å²) in [6, 6.07) is 5.89. The van der Waals surface area contributed by atoms with Crippen LogP contribution in [0.3, 0.4) is 0 Å². The molecular formula is C14H22O. The first-order chi connectivity index (χ1) is 6.86. The van der Waals surface area contributed by atoms with Crippen molar-refractivity contribution in [2.24, 2.45) is 5.92 Å². The highest BCUT2D eigenvalue weighted by Gasteiger charge is 2.05. The van der Waals surface area contributed by atoms with Crippen molar-refractivity contribution in [1.82, 2.24) is 0 Å². The summed E-state index contributed by atoms with van der Waals surface area (Å²) in [5, 5.41) is 0. The fourth-order valence-corrected chi connectivity index (χ4v) is 1.37. The standard InChI is InChI=1S/C10H12O.C4H10/c1-7-5-4-6-8(2)10(7)9(3)11;1-4(2)3/h4-6H,1-3H3;4H,1-3H3. The Morgan fingerprint density at radius 2 is 1.40 bits per heavy atom. The second-order valence-electron chi connectivity index (χ2n) is 4.56. The molecule has 0 aliphatic carbocycles. The minimum atomic E-state index is 0.153. The van der Waals surface area contributed by atoms with Crippen LogP contribution in [-0.4, -0.2) is 5.78 Å². The van der Waals surface area contributed by atoms with E-state index in [0.29, 0.717) is 0 Å². The molecule has 1 aromatic rings. The van der Waals surface area contributed by atoms with Gasteiger partial charge in [0.1, 0.15) is 0 Å². The van der Waals surface area contributed by atoms with Crippen LogP contribution in [-0.2, 0) is 0 Å². The molecule has 1 nitrogen and oxygen atoms in total. The third-order valence-electron chi connectivity index (χ3n) is 1.83. The van der Waals surface area contributed by atoms with Gasteiger partial charge in [-0.1, -0.05) is 39.0 Å². The van der Waals surface area contributed by atoms with Crippen LogP contribution in [0.2, 0.25) is 0 Å². The van der Waals surface area contributed by atoms with Gasteiger partial charge in [0.25, 0.3) is 0 Å². The maximum atomic E-state index is 11.1.